The van der Waals surface area contributed by atoms with Crippen molar-refractivity contribution >= 4 is 23.1 Å². The maximum atomic E-state index is 12.5. The van der Waals surface area contributed by atoms with E-state index >= 15 is 0 Å². The summed E-state index contributed by atoms with van der Waals surface area (Å²) in [5.74, 6) is 1.34. The molecule has 164 valence electrons. The van der Waals surface area contributed by atoms with Crippen molar-refractivity contribution in [2.45, 2.75) is 47.3 Å². The molecule has 1 heterocycles. The Morgan fingerprint density at radius 3 is 2.39 bits per heavy atom. The van der Waals surface area contributed by atoms with Gasteiger partial charge in [-0.1, -0.05) is 35.9 Å². The second-order valence-corrected chi connectivity index (χ2v) is 7.98. The molecule has 1 aliphatic heterocycles. The van der Waals surface area contributed by atoms with E-state index in [4.69, 9.17) is 21.7 Å². The van der Waals surface area contributed by atoms with Gasteiger partial charge >= 0.3 is 0 Å². The summed E-state index contributed by atoms with van der Waals surface area (Å²) in [7, 11) is 0. The van der Waals surface area contributed by atoms with Crippen molar-refractivity contribution in [3.8, 4) is 11.5 Å². The second-order valence-electron chi connectivity index (χ2n) is 7.60. The molecule has 2 aromatic rings. The van der Waals surface area contributed by atoms with E-state index in [0.717, 1.165) is 16.8 Å². The van der Waals surface area contributed by atoms with Gasteiger partial charge in [0, 0.05) is 17.8 Å². The number of rotatable bonds is 8. The fourth-order valence-corrected chi connectivity index (χ4v) is 4.19. The number of ether oxygens (including phenoxy) is 2. The fraction of sp³-hybridized carbons (Fsp3) is 0.360. The molecule has 0 aromatic heterocycles. The van der Waals surface area contributed by atoms with Gasteiger partial charge in [0.25, 0.3) is 0 Å². The zero-order chi connectivity index (χ0) is 22.5. The first kappa shape index (κ1) is 22.8. The van der Waals surface area contributed by atoms with Crippen LogP contribution >= 0.6 is 12.2 Å². The van der Waals surface area contributed by atoms with Gasteiger partial charge in [-0.05, 0) is 70.1 Å². The molecule has 3 rings (SSSR count). The summed E-state index contributed by atoms with van der Waals surface area (Å²) >= 11 is 5.55. The van der Waals surface area contributed by atoms with Crippen LogP contribution in [0.15, 0.2) is 53.7 Å². The van der Waals surface area contributed by atoms with Gasteiger partial charge in [-0.25, -0.2) is 0 Å². The first-order valence-electron chi connectivity index (χ1n) is 10.6. The van der Waals surface area contributed by atoms with E-state index < -0.39 is 0 Å². The van der Waals surface area contributed by atoms with Crippen LogP contribution in [0.3, 0.4) is 0 Å². The molecule has 1 atom stereocenters. The quantitative estimate of drug-likeness (QED) is 0.580. The third kappa shape index (κ3) is 5.07. The van der Waals surface area contributed by atoms with Crippen molar-refractivity contribution < 1.29 is 14.3 Å². The maximum absolute atomic E-state index is 12.5. The normalized spacial score (nSPS) is 16.2. The first-order valence-corrected chi connectivity index (χ1v) is 11.0. The number of thiocarbonyl (C=S) groups is 1. The highest BCUT2D eigenvalue weighted by molar-refractivity contribution is 7.80. The highest BCUT2D eigenvalue weighted by Crippen LogP contribution is 2.36. The lowest BCUT2D eigenvalue weighted by atomic mass is 9.92. The van der Waals surface area contributed by atoms with Crippen molar-refractivity contribution in [2.24, 2.45) is 0 Å². The van der Waals surface area contributed by atoms with Crippen LogP contribution in [0.1, 0.15) is 50.4 Å². The number of nitrogens with one attached hydrogen (secondary N) is 1. The van der Waals surface area contributed by atoms with Crippen LogP contribution in [0.5, 0.6) is 11.5 Å². The number of Topliss-reactive ketones (excluding diaryl/α,β-unsaturated/α-hetero) is 1. The Labute approximate surface area is 190 Å². The summed E-state index contributed by atoms with van der Waals surface area (Å²) < 4.78 is 11.9. The molecule has 0 spiro atoms. The summed E-state index contributed by atoms with van der Waals surface area (Å²) in [6.45, 7) is 11.2. The molecule has 6 heteroatoms. The Kier molecular flexibility index (Phi) is 7.33. The predicted octanol–water partition coefficient (Wildman–Crippen LogP) is 5.09. The van der Waals surface area contributed by atoms with Crippen molar-refractivity contribution in [3.05, 3.63) is 70.4 Å². The third-order valence-electron chi connectivity index (χ3n) is 5.41. The van der Waals surface area contributed by atoms with E-state index in [9.17, 15) is 4.79 Å². The average Bonchev–Trinajstić information content (AvgIpc) is 2.73. The van der Waals surface area contributed by atoms with E-state index in [0.29, 0.717) is 41.9 Å². The molecule has 1 aliphatic rings. The van der Waals surface area contributed by atoms with Crippen LogP contribution in [0.4, 0.5) is 0 Å². The fourth-order valence-electron chi connectivity index (χ4n) is 3.81. The number of aryl methyl sites for hydroxylation is 1. The van der Waals surface area contributed by atoms with Crippen LogP contribution in [-0.4, -0.2) is 28.9 Å². The van der Waals surface area contributed by atoms with E-state index in [2.05, 4.69) is 36.5 Å². The monoisotopic (exact) mass is 438 g/mol. The minimum atomic E-state index is -0.321. The lowest BCUT2D eigenvalue weighted by molar-refractivity contribution is -0.114. The van der Waals surface area contributed by atoms with Gasteiger partial charge in [0.05, 0.1) is 12.6 Å². The third-order valence-corrected chi connectivity index (χ3v) is 5.75. The standard InChI is InChI=1S/C25H30N2O3S/c1-6-27-17(4)23(18(5)28)24(26-25(27)31)20-12-13-21(22(14-20)29-7-2)30-15-19-10-8-16(3)9-11-19/h8-14,24H,6-7,15H2,1-5H3,(H,26,31). The summed E-state index contributed by atoms with van der Waals surface area (Å²) in [5, 5.41) is 3.95. The van der Waals surface area contributed by atoms with E-state index in [1.54, 1.807) is 6.92 Å². The SMILES string of the molecule is CCOc1cc(C2NC(=S)N(CC)C(C)=C2C(C)=O)ccc1OCc1ccc(C)cc1. The van der Waals surface area contributed by atoms with Gasteiger partial charge in [-0.15, -0.1) is 0 Å². The minimum absolute atomic E-state index is 0.0219. The van der Waals surface area contributed by atoms with Gasteiger partial charge in [-0.2, -0.15) is 0 Å². The number of allylic oxidation sites excluding steroid dienone is 1. The molecule has 5 nitrogen and oxygen atoms in total. The van der Waals surface area contributed by atoms with Crippen molar-refractivity contribution in [3.63, 3.8) is 0 Å². The van der Waals surface area contributed by atoms with Crippen LogP contribution in [0.2, 0.25) is 0 Å². The number of ketones is 1. The molecule has 0 aliphatic carbocycles. The summed E-state index contributed by atoms with van der Waals surface area (Å²) in [4.78, 5) is 14.4. The topological polar surface area (TPSA) is 50.8 Å². The lowest BCUT2D eigenvalue weighted by Gasteiger charge is -2.37. The summed E-state index contributed by atoms with van der Waals surface area (Å²) in [6.07, 6.45) is 0. The van der Waals surface area contributed by atoms with Gasteiger partial charge in [-0.3, -0.25) is 4.79 Å². The first-order chi connectivity index (χ1) is 14.8. The Hall–Kier alpha value is -2.86. The highest BCUT2D eigenvalue weighted by atomic mass is 32.1. The van der Waals surface area contributed by atoms with Gasteiger partial charge < -0.3 is 19.7 Å². The molecular weight excluding hydrogens is 408 g/mol. The Morgan fingerprint density at radius 1 is 1.06 bits per heavy atom. The number of hydrogen-bond donors (Lipinski definition) is 1. The van der Waals surface area contributed by atoms with Crippen LogP contribution in [-0.2, 0) is 11.4 Å². The summed E-state index contributed by atoms with van der Waals surface area (Å²) in [6, 6.07) is 13.7. The van der Waals surface area contributed by atoms with E-state index in [1.807, 2.05) is 43.9 Å². The zero-order valence-electron chi connectivity index (χ0n) is 18.8. The van der Waals surface area contributed by atoms with Crippen LogP contribution in [0, 0.1) is 6.92 Å². The number of carbonyl (C=O) groups excluding carboxylic acids is 1. The Morgan fingerprint density at radius 2 is 1.77 bits per heavy atom. The summed E-state index contributed by atoms with van der Waals surface area (Å²) in [5.41, 5.74) is 4.82. The van der Waals surface area contributed by atoms with Crippen molar-refractivity contribution in [1.82, 2.24) is 10.2 Å². The molecule has 0 fully saturated rings. The van der Waals surface area contributed by atoms with Crippen molar-refractivity contribution in [1.29, 1.82) is 0 Å². The molecule has 2 aromatic carbocycles. The molecule has 0 saturated carbocycles. The Bertz CT molecular complexity index is 998. The minimum Gasteiger partial charge on any atom is -0.490 e. The molecule has 1 unspecified atom stereocenters. The highest BCUT2D eigenvalue weighted by Gasteiger charge is 2.32. The van der Waals surface area contributed by atoms with Crippen molar-refractivity contribution in [2.75, 3.05) is 13.2 Å². The number of hydrogen-bond acceptors (Lipinski definition) is 4. The largest absolute Gasteiger partial charge is 0.490 e. The van der Waals surface area contributed by atoms with Gasteiger partial charge in [0.1, 0.15) is 6.61 Å². The zero-order valence-corrected chi connectivity index (χ0v) is 19.6. The van der Waals surface area contributed by atoms with Gasteiger partial charge in [0.2, 0.25) is 0 Å². The molecule has 0 saturated heterocycles. The molecule has 1 N–H and O–H groups in total. The number of nitrogens with zero attached hydrogens (tertiary/aromatic N) is 1. The molecule has 0 bridgehead atoms. The van der Waals surface area contributed by atoms with E-state index in [1.165, 1.54) is 5.56 Å². The second kappa shape index (κ2) is 9.96. The average molecular weight is 439 g/mol. The maximum Gasteiger partial charge on any atom is 0.173 e. The molecule has 0 radical (unpaired) electrons. The number of benzene rings is 2. The van der Waals surface area contributed by atoms with Crippen LogP contribution < -0.4 is 14.8 Å². The number of carbonyl (C=O) groups is 1. The lowest BCUT2D eigenvalue weighted by Crippen LogP contribution is -2.47. The molecule has 31 heavy (non-hydrogen) atoms. The molecular formula is C25H30N2O3S. The predicted molar refractivity (Wildman–Crippen MR) is 127 cm³/mol. The van der Waals surface area contributed by atoms with Crippen LogP contribution in [0.25, 0.3) is 0 Å². The smallest absolute Gasteiger partial charge is 0.173 e. The Balaban J connectivity index is 1.92. The molecule has 0 amide bonds. The van der Waals surface area contributed by atoms with Gasteiger partial charge in [0.15, 0.2) is 22.4 Å². The van der Waals surface area contributed by atoms with E-state index in [-0.39, 0.29) is 11.8 Å².